The molecule has 0 amide bonds. The van der Waals surface area contributed by atoms with Gasteiger partial charge in [0.1, 0.15) is 0 Å². The van der Waals surface area contributed by atoms with E-state index in [2.05, 4.69) is 34.6 Å². The summed E-state index contributed by atoms with van der Waals surface area (Å²) in [5, 5.41) is 11.9. The first-order valence-corrected chi connectivity index (χ1v) is 15.7. The summed E-state index contributed by atoms with van der Waals surface area (Å²) in [5.74, 6) is 4.54. The minimum Gasteiger partial charge on any atom is -0.389 e. The van der Waals surface area contributed by atoms with E-state index in [1.807, 2.05) is 0 Å². The largest absolute Gasteiger partial charge is 0.389 e. The van der Waals surface area contributed by atoms with Gasteiger partial charge in [-0.2, -0.15) is 8.42 Å². The second kappa shape index (κ2) is 9.07. The summed E-state index contributed by atoms with van der Waals surface area (Å²) in [4.78, 5) is 0. The molecular formula is C28H50O4S. The summed E-state index contributed by atoms with van der Waals surface area (Å²) >= 11 is 0. The lowest BCUT2D eigenvalue weighted by molar-refractivity contribution is -0.217. The SMILES string of the molecule is CC(C)CCC[C@@H](C)[C@@H]1CC[C@@H]2[C@@H]3CC[C@@]4(O)C[C@H](OS(C)(=O)=O)CC[C@]4(C)[C@H]3CC[C@]21C. The van der Waals surface area contributed by atoms with Gasteiger partial charge in [-0.15, -0.1) is 0 Å². The summed E-state index contributed by atoms with van der Waals surface area (Å²) in [7, 11) is -3.49. The van der Waals surface area contributed by atoms with Crippen LogP contribution in [0.2, 0.25) is 0 Å². The van der Waals surface area contributed by atoms with Crippen LogP contribution in [0.15, 0.2) is 0 Å². The van der Waals surface area contributed by atoms with E-state index in [0.717, 1.165) is 55.6 Å². The van der Waals surface area contributed by atoms with E-state index in [4.69, 9.17) is 4.18 Å². The van der Waals surface area contributed by atoms with Crippen molar-refractivity contribution in [2.75, 3.05) is 6.26 Å². The molecule has 4 aliphatic carbocycles. The first-order chi connectivity index (χ1) is 15.3. The summed E-state index contributed by atoms with van der Waals surface area (Å²) < 4.78 is 28.8. The number of hydrogen-bond acceptors (Lipinski definition) is 4. The molecule has 4 saturated carbocycles. The Balaban J connectivity index is 1.47. The first-order valence-electron chi connectivity index (χ1n) is 13.9. The lowest BCUT2D eigenvalue weighted by Gasteiger charge is -2.64. The van der Waals surface area contributed by atoms with Gasteiger partial charge in [0.15, 0.2) is 0 Å². The molecule has 0 radical (unpaired) electrons. The van der Waals surface area contributed by atoms with Crippen LogP contribution in [0, 0.1) is 46.3 Å². The fourth-order valence-electron chi connectivity index (χ4n) is 9.56. The van der Waals surface area contributed by atoms with Crippen LogP contribution < -0.4 is 0 Å². The number of rotatable bonds is 7. The Labute approximate surface area is 203 Å². The molecule has 9 atom stereocenters. The van der Waals surface area contributed by atoms with Crippen molar-refractivity contribution in [3.63, 3.8) is 0 Å². The zero-order valence-corrected chi connectivity index (χ0v) is 22.9. The highest BCUT2D eigenvalue weighted by molar-refractivity contribution is 7.86. The van der Waals surface area contributed by atoms with Gasteiger partial charge in [-0.3, -0.25) is 4.18 Å². The van der Waals surface area contributed by atoms with Gasteiger partial charge in [0.05, 0.1) is 18.0 Å². The summed E-state index contributed by atoms with van der Waals surface area (Å²) in [6, 6.07) is 0. The van der Waals surface area contributed by atoms with Gasteiger partial charge in [-0.05, 0) is 97.7 Å². The highest BCUT2D eigenvalue weighted by Crippen LogP contribution is 2.69. The zero-order valence-electron chi connectivity index (χ0n) is 22.1. The van der Waals surface area contributed by atoms with Crippen LogP contribution in [-0.4, -0.2) is 31.5 Å². The average Bonchev–Trinajstić information content (AvgIpc) is 3.04. The molecule has 0 spiro atoms. The zero-order chi connectivity index (χ0) is 24.2. The van der Waals surface area contributed by atoms with Gasteiger partial charge in [0, 0.05) is 6.42 Å². The van der Waals surface area contributed by atoms with Crippen molar-refractivity contribution in [1.29, 1.82) is 0 Å². The normalized spacial score (nSPS) is 46.5. The van der Waals surface area contributed by atoms with Crippen molar-refractivity contribution >= 4 is 10.1 Å². The van der Waals surface area contributed by atoms with E-state index in [1.54, 1.807) is 0 Å². The molecule has 4 fully saturated rings. The second-order valence-corrected chi connectivity index (χ2v) is 15.2. The maximum absolute atomic E-state index is 11.9. The Kier molecular flexibility index (Phi) is 7.13. The van der Waals surface area contributed by atoms with E-state index in [1.165, 1.54) is 44.9 Å². The van der Waals surface area contributed by atoms with E-state index >= 15 is 0 Å². The Morgan fingerprint density at radius 1 is 0.939 bits per heavy atom. The molecule has 0 saturated heterocycles. The molecule has 0 aromatic heterocycles. The number of fused-ring (bicyclic) bond motifs is 5. The quantitative estimate of drug-likeness (QED) is 0.417. The Morgan fingerprint density at radius 2 is 1.67 bits per heavy atom. The van der Waals surface area contributed by atoms with Gasteiger partial charge in [-0.1, -0.05) is 53.9 Å². The molecule has 4 aliphatic rings. The van der Waals surface area contributed by atoms with E-state index in [9.17, 15) is 13.5 Å². The van der Waals surface area contributed by atoms with Crippen molar-refractivity contribution in [2.45, 2.75) is 123 Å². The summed E-state index contributed by atoms with van der Waals surface area (Å²) in [6.45, 7) is 12.1. The van der Waals surface area contributed by atoms with Gasteiger partial charge >= 0.3 is 0 Å². The van der Waals surface area contributed by atoms with Crippen LogP contribution in [0.1, 0.15) is 112 Å². The number of aliphatic hydroxyl groups is 1. The van der Waals surface area contributed by atoms with Crippen LogP contribution in [0.25, 0.3) is 0 Å². The van der Waals surface area contributed by atoms with Gasteiger partial charge in [0.2, 0.25) is 0 Å². The van der Waals surface area contributed by atoms with Gasteiger partial charge in [0.25, 0.3) is 10.1 Å². The third-order valence-electron chi connectivity index (χ3n) is 11.3. The third-order valence-corrected chi connectivity index (χ3v) is 11.9. The molecule has 192 valence electrons. The van der Waals surface area contributed by atoms with Crippen molar-refractivity contribution in [3.8, 4) is 0 Å². The molecule has 0 aliphatic heterocycles. The van der Waals surface area contributed by atoms with Crippen LogP contribution in [0.3, 0.4) is 0 Å². The minimum absolute atomic E-state index is 0.115. The summed E-state index contributed by atoms with van der Waals surface area (Å²) in [6.07, 6.45) is 14.1. The van der Waals surface area contributed by atoms with Crippen molar-refractivity contribution in [1.82, 2.24) is 0 Å². The molecule has 0 heterocycles. The molecular weight excluding hydrogens is 432 g/mol. The fourth-order valence-corrected chi connectivity index (χ4v) is 10.2. The third kappa shape index (κ3) is 4.69. The maximum Gasteiger partial charge on any atom is 0.264 e. The van der Waals surface area contributed by atoms with Crippen molar-refractivity contribution < 1.29 is 17.7 Å². The molecule has 5 heteroatoms. The smallest absolute Gasteiger partial charge is 0.264 e. The number of hydrogen-bond donors (Lipinski definition) is 1. The molecule has 1 N–H and O–H groups in total. The highest BCUT2D eigenvalue weighted by Gasteiger charge is 2.64. The Hall–Kier alpha value is -0.130. The van der Waals surface area contributed by atoms with Crippen LogP contribution in [-0.2, 0) is 14.3 Å². The fraction of sp³-hybridized carbons (Fsp3) is 1.00. The van der Waals surface area contributed by atoms with E-state index < -0.39 is 15.7 Å². The predicted molar refractivity (Wildman–Crippen MR) is 134 cm³/mol. The average molecular weight is 483 g/mol. The first kappa shape index (κ1) is 25.9. The lowest BCUT2D eigenvalue weighted by atomic mass is 9.43. The Bertz CT molecular complexity index is 809. The topological polar surface area (TPSA) is 63.6 Å². The lowest BCUT2D eigenvalue weighted by Crippen LogP contribution is -2.63. The van der Waals surface area contributed by atoms with Crippen LogP contribution in [0.4, 0.5) is 0 Å². The van der Waals surface area contributed by atoms with Crippen LogP contribution >= 0.6 is 0 Å². The minimum atomic E-state index is -3.49. The monoisotopic (exact) mass is 482 g/mol. The summed E-state index contributed by atoms with van der Waals surface area (Å²) in [5.41, 5.74) is -0.450. The van der Waals surface area contributed by atoms with Gasteiger partial charge in [-0.25, -0.2) is 0 Å². The molecule has 0 aromatic rings. The molecule has 0 unspecified atom stereocenters. The molecule has 4 rings (SSSR count). The molecule has 33 heavy (non-hydrogen) atoms. The standard InChI is InChI=1S/C28H50O4S/c1-19(2)8-7-9-20(3)23-10-11-24-22-13-17-28(29)18-21(32-33(6,30)31)12-16-27(28,5)25(22)14-15-26(23,24)4/h19-25,29H,7-18H2,1-6H3/t20-,21-,22+,23+,24-,25+,26+,27-,28-/m1/s1. The van der Waals surface area contributed by atoms with Crippen molar-refractivity contribution in [3.05, 3.63) is 0 Å². The highest BCUT2D eigenvalue weighted by atomic mass is 32.2. The molecule has 4 nitrogen and oxygen atoms in total. The predicted octanol–water partition coefficient (Wildman–Crippen LogP) is 6.57. The second-order valence-electron chi connectivity index (χ2n) is 13.6. The Morgan fingerprint density at radius 3 is 2.33 bits per heavy atom. The van der Waals surface area contributed by atoms with Crippen molar-refractivity contribution in [2.24, 2.45) is 46.3 Å². The van der Waals surface area contributed by atoms with Crippen LogP contribution in [0.5, 0.6) is 0 Å². The maximum atomic E-state index is 11.9. The van der Waals surface area contributed by atoms with E-state index in [-0.39, 0.29) is 11.5 Å². The molecule has 0 aromatic carbocycles. The van der Waals surface area contributed by atoms with E-state index in [0.29, 0.717) is 23.7 Å². The van der Waals surface area contributed by atoms with Gasteiger partial charge < -0.3 is 5.11 Å². The molecule has 0 bridgehead atoms.